The Morgan fingerprint density at radius 2 is 1.71 bits per heavy atom. The average Bonchev–Trinajstić information content (AvgIpc) is 2.47. The van der Waals surface area contributed by atoms with E-state index < -0.39 is 5.97 Å². The van der Waals surface area contributed by atoms with Gasteiger partial charge in [0, 0.05) is 39.8 Å². The second-order valence-electron chi connectivity index (χ2n) is 5.43. The molecule has 114 valence electrons. The number of piperazine rings is 1. The predicted molar refractivity (Wildman–Crippen MR) is 79.3 cm³/mol. The summed E-state index contributed by atoms with van der Waals surface area (Å²) in [6.07, 6.45) is 0. The molecule has 0 saturated carbocycles. The molecule has 2 rings (SSSR count). The number of carboxylic acid groups (broad SMARTS) is 1. The molecule has 0 radical (unpaired) electrons. The lowest BCUT2D eigenvalue weighted by Crippen LogP contribution is -2.50. The van der Waals surface area contributed by atoms with E-state index in [2.05, 4.69) is 11.9 Å². The smallest absolute Gasteiger partial charge is 0.335 e. The van der Waals surface area contributed by atoms with Crippen molar-refractivity contribution in [2.24, 2.45) is 0 Å². The van der Waals surface area contributed by atoms with Gasteiger partial charge < -0.3 is 19.8 Å². The maximum Gasteiger partial charge on any atom is 0.335 e. The van der Waals surface area contributed by atoms with Gasteiger partial charge in [0.05, 0.1) is 5.56 Å². The molecule has 0 spiro atoms. The van der Waals surface area contributed by atoms with Crippen molar-refractivity contribution in [1.29, 1.82) is 0 Å². The zero-order chi connectivity index (χ0) is 15.4. The van der Waals surface area contributed by atoms with E-state index >= 15 is 0 Å². The van der Waals surface area contributed by atoms with Crippen LogP contribution in [0.4, 0.5) is 4.79 Å². The van der Waals surface area contributed by atoms with E-state index in [0.29, 0.717) is 6.54 Å². The van der Waals surface area contributed by atoms with Crippen LogP contribution >= 0.6 is 0 Å². The minimum absolute atomic E-state index is 0.0189. The number of carbonyl (C=O) groups excluding carboxylic acids is 1. The number of hydrogen-bond acceptors (Lipinski definition) is 3. The molecule has 0 aliphatic carbocycles. The van der Waals surface area contributed by atoms with Crippen molar-refractivity contribution in [3.63, 3.8) is 0 Å². The molecule has 1 aromatic carbocycles. The Morgan fingerprint density at radius 3 is 2.24 bits per heavy atom. The zero-order valence-electron chi connectivity index (χ0n) is 12.5. The Balaban J connectivity index is 1.92. The van der Waals surface area contributed by atoms with Crippen LogP contribution in [0.3, 0.4) is 0 Å². The van der Waals surface area contributed by atoms with Crippen LogP contribution < -0.4 is 0 Å². The van der Waals surface area contributed by atoms with E-state index in [1.165, 1.54) is 0 Å². The van der Waals surface area contributed by atoms with Crippen molar-refractivity contribution in [2.75, 3.05) is 40.3 Å². The minimum Gasteiger partial charge on any atom is -0.478 e. The number of carbonyl (C=O) groups is 2. The van der Waals surface area contributed by atoms with Gasteiger partial charge in [-0.25, -0.2) is 9.59 Å². The Kier molecular flexibility index (Phi) is 4.80. The average molecular weight is 291 g/mol. The van der Waals surface area contributed by atoms with Gasteiger partial charge >= 0.3 is 12.0 Å². The number of nitrogens with zero attached hydrogens (tertiary/aromatic N) is 3. The molecule has 1 aliphatic rings. The first-order chi connectivity index (χ1) is 9.97. The zero-order valence-corrected chi connectivity index (χ0v) is 12.5. The van der Waals surface area contributed by atoms with Crippen LogP contribution in [0, 0.1) is 0 Å². The number of benzene rings is 1. The van der Waals surface area contributed by atoms with Gasteiger partial charge in [-0.1, -0.05) is 12.1 Å². The van der Waals surface area contributed by atoms with Gasteiger partial charge in [0.1, 0.15) is 0 Å². The second kappa shape index (κ2) is 6.58. The summed E-state index contributed by atoms with van der Waals surface area (Å²) in [6.45, 7) is 3.76. The first-order valence-corrected chi connectivity index (χ1v) is 6.98. The highest BCUT2D eigenvalue weighted by Crippen LogP contribution is 2.10. The third-order valence-corrected chi connectivity index (χ3v) is 3.72. The number of amides is 2. The SMILES string of the molecule is CN1CCN(C(=O)N(C)Cc2ccc(C(=O)O)cc2)CC1. The summed E-state index contributed by atoms with van der Waals surface area (Å²) in [4.78, 5) is 28.8. The summed E-state index contributed by atoms with van der Waals surface area (Å²) < 4.78 is 0. The van der Waals surface area contributed by atoms with Gasteiger partial charge in [-0.15, -0.1) is 0 Å². The molecule has 21 heavy (non-hydrogen) atoms. The molecule has 1 aliphatic heterocycles. The fourth-order valence-corrected chi connectivity index (χ4v) is 2.33. The predicted octanol–water partition coefficient (Wildman–Crippen LogP) is 1.18. The van der Waals surface area contributed by atoms with Crippen molar-refractivity contribution < 1.29 is 14.7 Å². The molecule has 0 aromatic heterocycles. The van der Waals surface area contributed by atoms with Crippen molar-refractivity contribution in [3.8, 4) is 0 Å². The number of aromatic carboxylic acids is 1. The van der Waals surface area contributed by atoms with Crippen LogP contribution in [0.25, 0.3) is 0 Å². The van der Waals surface area contributed by atoms with Crippen LogP contribution in [0.1, 0.15) is 15.9 Å². The molecule has 1 aromatic rings. The van der Waals surface area contributed by atoms with Crippen LogP contribution in [0.5, 0.6) is 0 Å². The topological polar surface area (TPSA) is 64.1 Å². The normalized spacial score (nSPS) is 15.8. The van der Waals surface area contributed by atoms with E-state index in [0.717, 1.165) is 31.7 Å². The lowest BCUT2D eigenvalue weighted by atomic mass is 10.1. The summed E-state index contributed by atoms with van der Waals surface area (Å²) in [5, 5.41) is 8.86. The first-order valence-electron chi connectivity index (χ1n) is 6.98. The Labute approximate surface area is 124 Å². The van der Waals surface area contributed by atoms with Crippen LogP contribution in [-0.4, -0.2) is 72.1 Å². The van der Waals surface area contributed by atoms with Gasteiger partial charge in [-0.3, -0.25) is 0 Å². The lowest BCUT2D eigenvalue weighted by Gasteiger charge is -2.35. The van der Waals surface area contributed by atoms with Crippen LogP contribution in [0.15, 0.2) is 24.3 Å². The quantitative estimate of drug-likeness (QED) is 0.908. The molecule has 1 N–H and O–H groups in total. The molecule has 6 heteroatoms. The summed E-state index contributed by atoms with van der Waals surface area (Å²) in [6, 6.07) is 6.64. The molecule has 2 amide bonds. The summed E-state index contributed by atoms with van der Waals surface area (Å²) in [5.74, 6) is -0.941. The van der Waals surface area contributed by atoms with E-state index in [1.54, 1.807) is 36.2 Å². The van der Waals surface area contributed by atoms with Crippen LogP contribution in [-0.2, 0) is 6.54 Å². The van der Waals surface area contributed by atoms with Gasteiger partial charge in [-0.05, 0) is 24.7 Å². The molecule has 1 saturated heterocycles. The molecular formula is C15H21N3O3. The standard InChI is InChI=1S/C15H21N3O3/c1-16-7-9-18(10-8-16)15(21)17(2)11-12-3-5-13(6-4-12)14(19)20/h3-6H,7-11H2,1-2H3,(H,19,20). The van der Waals surface area contributed by atoms with Crippen molar-refractivity contribution in [3.05, 3.63) is 35.4 Å². The molecule has 0 bridgehead atoms. The van der Waals surface area contributed by atoms with E-state index in [-0.39, 0.29) is 11.6 Å². The molecule has 6 nitrogen and oxygen atoms in total. The van der Waals surface area contributed by atoms with E-state index in [1.807, 2.05) is 4.90 Å². The molecule has 1 fully saturated rings. The third-order valence-electron chi connectivity index (χ3n) is 3.72. The van der Waals surface area contributed by atoms with Gasteiger partial charge in [0.15, 0.2) is 0 Å². The highest BCUT2D eigenvalue weighted by atomic mass is 16.4. The summed E-state index contributed by atoms with van der Waals surface area (Å²) in [5.41, 5.74) is 1.18. The van der Waals surface area contributed by atoms with Crippen molar-refractivity contribution in [1.82, 2.24) is 14.7 Å². The Bertz CT molecular complexity index is 507. The van der Waals surface area contributed by atoms with E-state index in [4.69, 9.17) is 5.11 Å². The second-order valence-corrected chi connectivity index (χ2v) is 5.43. The molecule has 0 unspecified atom stereocenters. The highest BCUT2D eigenvalue weighted by Gasteiger charge is 2.21. The Morgan fingerprint density at radius 1 is 1.14 bits per heavy atom. The third kappa shape index (κ3) is 3.95. The number of carboxylic acids is 1. The molecular weight excluding hydrogens is 270 g/mol. The largest absolute Gasteiger partial charge is 0.478 e. The maximum absolute atomic E-state index is 12.3. The molecule has 0 atom stereocenters. The fourth-order valence-electron chi connectivity index (χ4n) is 2.33. The lowest BCUT2D eigenvalue weighted by molar-refractivity contribution is 0.0696. The van der Waals surface area contributed by atoms with E-state index in [9.17, 15) is 9.59 Å². The van der Waals surface area contributed by atoms with Crippen molar-refractivity contribution in [2.45, 2.75) is 6.54 Å². The summed E-state index contributed by atoms with van der Waals surface area (Å²) >= 11 is 0. The monoisotopic (exact) mass is 291 g/mol. The molecule has 1 heterocycles. The summed E-state index contributed by atoms with van der Waals surface area (Å²) in [7, 11) is 3.82. The Hall–Kier alpha value is -2.08. The van der Waals surface area contributed by atoms with Gasteiger partial charge in [0.2, 0.25) is 0 Å². The highest BCUT2D eigenvalue weighted by molar-refractivity contribution is 5.87. The first kappa shape index (κ1) is 15.3. The number of urea groups is 1. The van der Waals surface area contributed by atoms with Gasteiger partial charge in [-0.2, -0.15) is 0 Å². The number of hydrogen-bond donors (Lipinski definition) is 1. The fraction of sp³-hybridized carbons (Fsp3) is 0.467. The number of rotatable bonds is 3. The van der Waals surface area contributed by atoms with Crippen molar-refractivity contribution >= 4 is 12.0 Å². The maximum atomic E-state index is 12.3. The minimum atomic E-state index is -0.941. The van der Waals surface area contributed by atoms with Crippen LogP contribution in [0.2, 0.25) is 0 Å². The number of likely N-dealkylation sites (N-methyl/N-ethyl adjacent to an activating group) is 1. The van der Waals surface area contributed by atoms with Gasteiger partial charge in [0.25, 0.3) is 0 Å².